The molecule has 2 aromatic heterocycles. The van der Waals surface area contributed by atoms with Crippen LogP contribution < -0.4 is 59.7 Å². The number of hydrogen-bond donors (Lipinski definition) is 13. The van der Waals surface area contributed by atoms with E-state index in [1.807, 2.05) is 61.5 Å². The van der Waals surface area contributed by atoms with Crippen LogP contribution in [0.25, 0.3) is 21.7 Å². The predicted molar refractivity (Wildman–Crippen MR) is 325 cm³/mol. The van der Waals surface area contributed by atoms with Gasteiger partial charge in [0.2, 0.25) is 59.1 Å². The van der Waals surface area contributed by atoms with Crippen molar-refractivity contribution >= 4 is 92.7 Å². The molecule has 7 rings (SSSR count). The van der Waals surface area contributed by atoms with Crippen molar-refractivity contribution in [3.63, 3.8) is 0 Å². The van der Waals surface area contributed by atoms with E-state index in [-0.39, 0.29) is 96.2 Å². The van der Waals surface area contributed by atoms with Crippen molar-refractivity contribution in [2.45, 2.75) is 152 Å². The molecule has 89 heavy (non-hydrogen) atoms. The number of hydrogen-bond acceptors (Lipinski definition) is 14. The zero-order valence-corrected chi connectivity index (χ0v) is 49.8. The Kier molecular flexibility index (Phi) is 24.0. The molecule has 2 saturated heterocycles. The van der Waals surface area contributed by atoms with Crippen LogP contribution in [0.15, 0.2) is 84.1 Å². The number of carboxylic acids is 1. The quantitative estimate of drug-likeness (QED) is 0.0269. The summed E-state index contributed by atoms with van der Waals surface area (Å²) < 4.78 is 1.38. The summed E-state index contributed by atoms with van der Waals surface area (Å²) in [4.78, 5) is 162. The van der Waals surface area contributed by atoms with E-state index in [1.165, 1.54) is 17.8 Å². The number of carbonyl (C=O) groups excluding carboxylic acids is 10. The summed E-state index contributed by atoms with van der Waals surface area (Å²) in [6.45, 7) is 2.18. The minimum atomic E-state index is -1.67. The number of primary amides is 1. The smallest absolute Gasteiger partial charge is 0.303 e. The van der Waals surface area contributed by atoms with Crippen LogP contribution in [0.5, 0.6) is 0 Å². The summed E-state index contributed by atoms with van der Waals surface area (Å²) in [5.41, 5.74) is 19.2. The normalized spacial score (nSPS) is 21.7. The Labute approximate surface area is 512 Å². The molecular weight excluding hydrogens is 1150 g/mol. The van der Waals surface area contributed by atoms with Crippen molar-refractivity contribution in [3.05, 3.63) is 95.9 Å². The number of aromatic amines is 1. The maximum atomic E-state index is 15.4. The Bertz CT molecular complexity index is 3420. The van der Waals surface area contributed by atoms with E-state index < -0.39 is 126 Å². The molecule has 0 aliphatic carbocycles. The maximum absolute atomic E-state index is 15.4. The number of aryl methyl sites for hydroxylation is 1. The van der Waals surface area contributed by atoms with Crippen molar-refractivity contribution < 1.29 is 57.8 Å². The van der Waals surface area contributed by atoms with Crippen molar-refractivity contribution in [2.24, 2.45) is 22.2 Å². The van der Waals surface area contributed by atoms with Gasteiger partial charge >= 0.3 is 5.97 Å². The van der Waals surface area contributed by atoms with E-state index in [2.05, 4.69) is 62.8 Å². The van der Waals surface area contributed by atoms with E-state index in [4.69, 9.17) is 17.2 Å². The van der Waals surface area contributed by atoms with Gasteiger partial charge in [-0.15, -0.1) is 5.10 Å². The largest absolute Gasteiger partial charge is 0.481 e. The highest BCUT2D eigenvalue weighted by atomic mass is 16.4. The average Bonchev–Trinajstić information content (AvgIpc) is 2.88. The highest BCUT2D eigenvalue weighted by Crippen LogP contribution is 2.29. The first-order valence-corrected chi connectivity index (χ1v) is 29.8. The van der Waals surface area contributed by atoms with Crippen LogP contribution in [0.2, 0.25) is 0 Å². The molecule has 29 heteroatoms. The molecule has 5 aromatic rings. The molecule has 0 unspecified atom stereocenters. The molecule has 2 aliphatic rings. The Morgan fingerprint density at radius 1 is 0.809 bits per heavy atom. The topological polar surface area (TPSA) is 444 Å². The van der Waals surface area contributed by atoms with Crippen molar-refractivity contribution in [2.75, 3.05) is 26.2 Å². The fraction of sp³-hybridized carbons (Fsp3) is 0.467. The van der Waals surface area contributed by atoms with Gasteiger partial charge in [-0.05, 0) is 66.5 Å². The van der Waals surface area contributed by atoms with Crippen LogP contribution in [-0.2, 0) is 72.0 Å². The number of H-pyrrole nitrogens is 1. The van der Waals surface area contributed by atoms with Crippen LogP contribution >= 0.6 is 0 Å². The van der Waals surface area contributed by atoms with Crippen molar-refractivity contribution in [1.29, 1.82) is 0 Å². The summed E-state index contributed by atoms with van der Waals surface area (Å²) in [5.74, 6) is -9.33. The monoisotopic (exact) mass is 1230 g/mol. The number of amides is 10. The summed E-state index contributed by atoms with van der Waals surface area (Å²) in [6, 6.07) is 9.48. The van der Waals surface area contributed by atoms with Crippen LogP contribution in [0.3, 0.4) is 0 Å². The highest BCUT2D eigenvalue weighted by molar-refractivity contribution is 5.99. The molecule has 0 radical (unpaired) electrons. The Morgan fingerprint density at radius 3 is 2.27 bits per heavy atom. The number of aliphatic carboxylic acids is 1. The lowest BCUT2D eigenvalue weighted by atomic mass is 9.99. The van der Waals surface area contributed by atoms with E-state index in [0.717, 1.165) is 26.6 Å². The predicted octanol–water partition coefficient (Wildman–Crippen LogP) is -0.979. The number of fused-ring (bicyclic) bond motifs is 3. The number of rotatable bonds is 19. The summed E-state index contributed by atoms with van der Waals surface area (Å²) in [6.07, 6.45) is 3.52. The van der Waals surface area contributed by atoms with Crippen molar-refractivity contribution in [3.8, 4) is 0 Å². The molecule has 29 nitrogen and oxygen atoms in total. The van der Waals surface area contributed by atoms with Gasteiger partial charge in [-0.25, -0.2) is 4.68 Å². The van der Waals surface area contributed by atoms with Gasteiger partial charge in [-0.1, -0.05) is 85.6 Å². The second kappa shape index (κ2) is 32.1. The summed E-state index contributed by atoms with van der Waals surface area (Å²) in [5, 5.41) is 41.7. The van der Waals surface area contributed by atoms with Gasteiger partial charge in [0.25, 0.3) is 0 Å². The number of aromatic nitrogens is 4. The lowest BCUT2D eigenvalue weighted by Gasteiger charge is -2.31. The van der Waals surface area contributed by atoms with Crippen LogP contribution in [-0.4, -0.2) is 169 Å². The van der Waals surface area contributed by atoms with E-state index in [9.17, 15) is 43.5 Å². The zero-order valence-electron chi connectivity index (χ0n) is 49.8. The number of nitrogens with one attached hydrogen (secondary N) is 9. The molecule has 4 heterocycles. The highest BCUT2D eigenvalue weighted by Gasteiger charge is 2.45. The molecule has 2 fully saturated rings. The van der Waals surface area contributed by atoms with E-state index in [0.29, 0.717) is 29.7 Å². The SMILES string of the molecule is CCCC[C@H](NC(C)=O)C(=O)N[C@H]1CC(=O)NCCCC[C@@H](C(N)=O)NC(=O)CNC(=O)[C@H](Cc2c[nH]c3ccccc23)NC(=O)[C@H](CCCN=C(N)N)NC(=O)[C@@H](Cc2ccc3ccccc3c2)NC(=O)[C@@H]2C[C@H](n3cc(CCC(=O)O)nn3)CN2C1=O. The third kappa shape index (κ3) is 19.5. The third-order valence-electron chi connectivity index (χ3n) is 15.5. The number of carbonyl (C=O) groups is 11. The zero-order chi connectivity index (χ0) is 64.1. The summed E-state index contributed by atoms with van der Waals surface area (Å²) >= 11 is 0. The Morgan fingerprint density at radius 2 is 1.53 bits per heavy atom. The minimum Gasteiger partial charge on any atom is -0.481 e. The fourth-order valence-electron chi connectivity index (χ4n) is 10.8. The number of guanidine groups is 1. The average molecular weight is 1230 g/mol. The number of nitrogens with two attached hydrogens (primary N) is 3. The Balaban J connectivity index is 1.30. The van der Waals surface area contributed by atoms with Gasteiger partial charge in [0.1, 0.15) is 42.3 Å². The molecule has 0 bridgehead atoms. The Hall–Kier alpha value is -9.96. The molecule has 0 spiro atoms. The second-order valence-corrected chi connectivity index (χ2v) is 22.3. The van der Waals surface area contributed by atoms with Gasteiger partial charge in [0, 0.05) is 75.5 Å². The molecular formula is C60H79N17O12. The third-order valence-corrected chi connectivity index (χ3v) is 15.5. The molecule has 0 saturated carbocycles. The van der Waals surface area contributed by atoms with Gasteiger partial charge in [0.15, 0.2) is 5.96 Å². The van der Waals surface area contributed by atoms with Crippen LogP contribution in [0.1, 0.15) is 107 Å². The lowest BCUT2D eigenvalue weighted by Crippen LogP contribution is -2.60. The number of carboxylic acid groups (broad SMARTS) is 1. The van der Waals surface area contributed by atoms with Gasteiger partial charge < -0.3 is 74.7 Å². The summed E-state index contributed by atoms with van der Waals surface area (Å²) in [7, 11) is 0. The minimum absolute atomic E-state index is 0.00439. The first-order chi connectivity index (χ1) is 42.6. The molecule has 476 valence electrons. The van der Waals surface area contributed by atoms with Gasteiger partial charge in [-0.3, -0.25) is 57.7 Å². The van der Waals surface area contributed by atoms with E-state index >= 15 is 14.4 Å². The number of para-hydroxylation sites is 1. The molecule has 3 aromatic carbocycles. The molecule has 2 aliphatic heterocycles. The number of aliphatic imine (C=N–C) groups is 1. The van der Waals surface area contributed by atoms with Crippen LogP contribution in [0.4, 0.5) is 0 Å². The van der Waals surface area contributed by atoms with Gasteiger partial charge in [0.05, 0.1) is 31.1 Å². The van der Waals surface area contributed by atoms with Gasteiger partial charge in [-0.2, -0.15) is 0 Å². The first-order valence-electron chi connectivity index (χ1n) is 29.8. The lowest BCUT2D eigenvalue weighted by molar-refractivity contribution is -0.143. The number of benzene rings is 3. The standard InChI is InChI=1S/C60H79N17O12/c1-3-4-15-44(68-34(2)78)55(85)73-48-29-50(79)64-23-10-9-17-43(53(61)83)69-51(80)31-67-54(84)47(27-38-30-66-42-16-8-7-14-41(38)42)71-56(86)45(18-11-24-65-60(62)63)70-57(87)46(26-35-19-20-36-12-5-6-13-37(36)25-35)72-58(88)49-28-40(33-76(49)59(48)89)77-32-39(74-75-77)21-22-52(81)82/h5-8,12-14,16,19-20,25,30,32,40,43-49,66H,3-4,9-11,15,17-18,21-24,26-29,31,33H2,1-2H3,(H2,61,83)(H,64,79)(H,67,84)(H,68,78)(H,69,80)(H,70,87)(H,71,86)(H,72,88)(H,73,85)(H,81,82)(H4,62,63,65)/t40-,43-,44-,45-,46+,47-,48-,49-/m0/s1. The molecule has 8 atom stereocenters. The fourth-order valence-corrected chi connectivity index (χ4v) is 10.8. The second-order valence-electron chi connectivity index (χ2n) is 22.3. The van der Waals surface area contributed by atoms with Crippen LogP contribution in [0, 0.1) is 0 Å². The number of unbranched alkanes of at least 4 members (excludes halogenated alkanes) is 1. The molecule has 16 N–H and O–H groups in total. The molecule has 10 amide bonds. The van der Waals surface area contributed by atoms with Crippen molar-refractivity contribution in [1.82, 2.24) is 67.4 Å². The first kappa shape index (κ1) is 66.6. The number of nitrogens with zero attached hydrogens (tertiary/aromatic N) is 5. The van der Waals surface area contributed by atoms with E-state index in [1.54, 1.807) is 18.3 Å². The maximum Gasteiger partial charge on any atom is 0.303 e.